The van der Waals surface area contributed by atoms with Gasteiger partial charge in [0.15, 0.2) is 0 Å². The molecule has 104 valence electrons. The first-order chi connectivity index (χ1) is 9.02. The standard InChI is InChI=1S/C12H15ClN2O4/c13-8-1-3-9(4-2-8)15-11(17)7-10(12(18)19)14-5-6-16/h1-4,10,14,16H,5-7H2,(H,15,17)(H,18,19)/t10-/m0/s1. The van der Waals surface area contributed by atoms with E-state index in [4.69, 9.17) is 21.8 Å². The maximum atomic E-state index is 11.7. The molecular weight excluding hydrogens is 272 g/mol. The van der Waals surface area contributed by atoms with Gasteiger partial charge < -0.3 is 20.8 Å². The van der Waals surface area contributed by atoms with Crippen LogP contribution in [0.2, 0.25) is 5.02 Å². The molecule has 19 heavy (non-hydrogen) atoms. The number of amides is 1. The SMILES string of the molecule is O=C(C[C@H](NCCO)C(=O)O)Nc1ccc(Cl)cc1. The summed E-state index contributed by atoms with van der Waals surface area (Å²) in [5, 5.41) is 23.2. The Bertz CT molecular complexity index is 436. The summed E-state index contributed by atoms with van der Waals surface area (Å²) in [6.07, 6.45) is -0.224. The van der Waals surface area contributed by atoms with Crippen LogP contribution in [-0.2, 0) is 9.59 Å². The van der Waals surface area contributed by atoms with Crippen LogP contribution in [-0.4, -0.2) is 41.3 Å². The van der Waals surface area contributed by atoms with Crippen molar-refractivity contribution in [2.75, 3.05) is 18.5 Å². The number of halogens is 1. The summed E-state index contributed by atoms with van der Waals surface area (Å²) >= 11 is 5.71. The number of nitrogens with one attached hydrogen (secondary N) is 2. The molecule has 4 N–H and O–H groups in total. The van der Waals surface area contributed by atoms with Crippen molar-refractivity contribution in [3.05, 3.63) is 29.3 Å². The first-order valence-corrected chi connectivity index (χ1v) is 6.03. The summed E-state index contributed by atoms with van der Waals surface area (Å²) < 4.78 is 0. The smallest absolute Gasteiger partial charge is 0.321 e. The Hall–Kier alpha value is -1.63. The molecule has 0 heterocycles. The Kier molecular flexibility index (Phi) is 6.27. The number of benzene rings is 1. The molecule has 0 aliphatic rings. The molecule has 0 aliphatic heterocycles. The first kappa shape index (κ1) is 15.4. The van der Waals surface area contributed by atoms with Gasteiger partial charge in [0.25, 0.3) is 0 Å². The van der Waals surface area contributed by atoms with Gasteiger partial charge in [-0.05, 0) is 24.3 Å². The molecule has 1 amide bonds. The fraction of sp³-hybridized carbons (Fsp3) is 0.333. The van der Waals surface area contributed by atoms with E-state index in [0.29, 0.717) is 10.7 Å². The van der Waals surface area contributed by atoms with Gasteiger partial charge in [-0.15, -0.1) is 0 Å². The zero-order valence-electron chi connectivity index (χ0n) is 10.1. The molecule has 7 heteroatoms. The molecule has 0 aliphatic carbocycles. The van der Waals surface area contributed by atoms with E-state index >= 15 is 0 Å². The van der Waals surface area contributed by atoms with Crippen LogP contribution >= 0.6 is 11.6 Å². The van der Waals surface area contributed by atoms with Gasteiger partial charge >= 0.3 is 5.97 Å². The van der Waals surface area contributed by atoms with Crippen molar-refractivity contribution in [2.24, 2.45) is 0 Å². The summed E-state index contributed by atoms with van der Waals surface area (Å²) in [6, 6.07) is 5.46. The zero-order valence-corrected chi connectivity index (χ0v) is 10.9. The van der Waals surface area contributed by atoms with Crippen molar-refractivity contribution >= 4 is 29.2 Å². The molecule has 1 aromatic rings. The number of hydrogen-bond donors (Lipinski definition) is 4. The summed E-state index contributed by atoms with van der Waals surface area (Å²) in [6.45, 7) is -0.0756. The molecule has 0 aromatic heterocycles. The van der Waals surface area contributed by atoms with Gasteiger partial charge in [-0.25, -0.2) is 0 Å². The molecule has 0 saturated carbocycles. The second-order valence-corrected chi connectivity index (χ2v) is 4.26. The lowest BCUT2D eigenvalue weighted by molar-refractivity contribution is -0.141. The van der Waals surface area contributed by atoms with E-state index in [0.717, 1.165) is 0 Å². The van der Waals surface area contributed by atoms with Gasteiger partial charge in [0, 0.05) is 17.3 Å². The number of anilines is 1. The highest BCUT2D eigenvalue weighted by Crippen LogP contribution is 2.13. The van der Waals surface area contributed by atoms with E-state index in [-0.39, 0.29) is 19.6 Å². The van der Waals surface area contributed by atoms with Crippen LogP contribution < -0.4 is 10.6 Å². The average Bonchev–Trinajstić information content (AvgIpc) is 2.37. The van der Waals surface area contributed by atoms with Crippen LogP contribution in [0, 0.1) is 0 Å². The van der Waals surface area contributed by atoms with E-state index in [2.05, 4.69) is 10.6 Å². The molecular formula is C12H15ClN2O4. The lowest BCUT2D eigenvalue weighted by Crippen LogP contribution is -2.41. The molecule has 1 atom stereocenters. The Morgan fingerprint density at radius 3 is 2.42 bits per heavy atom. The summed E-state index contributed by atoms with van der Waals surface area (Å²) in [5.74, 6) is -1.57. The Morgan fingerprint density at radius 1 is 1.26 bits per heavy atom. The number of rotatable bonds is 7. The van der Waals surface area contributed by atoms with Crippen LogP contribution in [0.3, 0.4) is 0 Å². The van der Waals surface area contributed by atoms with E-state index in [1.807, 2.05) is 0 Å². The number of aliphatic carboxylic acids is 1. The van der Waals surface area contributed by atoms with Gasteiger partial charge in [-0.2, -0.15) is 0 Å². The van der Waals surface area contributed by atoms with Crippen molar-refractivity contribution < 1.29 is 19.8 Å². The number of aliphatic hydroxyl groups is 1. The van der Waals surface area contributed by atoms with Gasteiger partial charge in [-0.1, -0.05) is 11.6 Å². The molecule has 6 nitrogen and oxygen atoms in total. The molecule has 0 fully saturated rings. The van der Waals surface area contributed by atoms with Crippen molar-refractivity contribution in [1.82, 2.24) is 5.32 Å². The average molecular weight is 287 g/mol. The molecule has 0 unspecified atom stereocenters. The quantitative estimate of drug-likeness (QED) is 0.591. The molecule has 0 radical (unpaired) electrons. The number of carbonyl (C=O) groups excluding carboxylic acids is 1. The maximum absolute atomic E-state index is 11.7. The van der Waals surface area contributed by atoms with E-state index in [9.17, 15) is 9.59 Å². The highest BCUT2D eigenvalue weighted by atomic mass is 35.5. The first-order valence-electron chi connectivity index (χ1n) is 5.65. The summed E-state index contributed by atoms with van der Waals surface area (Å²) in [7, 11) is 0. The summed E-state index contributed by atoms with van der Waals surface area (Å²) in [4.78, 5) is 22.6. The van der Waals surface area contributed by atoms with Crippen molar-refractivity contribution in [3.63, 3.8) is 0 Å². The molecule has 1 aromatic carbocycles. The normalized spacial score (nSPS) is 11.9. The Morgan fingerprint density at radius 2 is 1.89 bits per heavy atom. The fourth-order valence-electron chi connectivity index (χ4n) is 1.42. The topological polar surface area (TPSA) is 98.7 Å². The van der Waals surface area contributed by atoms with Crippen LogP contribution in [0.5, 0.6) is 0 Å². The van der Waals surface area contributed by atoms with Crippen LogP contribution in [0.15, 0.2) is 24.3 Å². The van der Waals surface area contributed by atoms with Gasteiger partial charge in [0.1, 0.15) is 6.04 Å². The molecule has 0 saturated heterocycles. The highest BCUT2D eigenvalue weighted by Gasteiger charge is 2.20. The number of carbonyl (C=O) groups is 2. The third-order valence-corrected chi connectivity index (χ3v) is 2.57. The van der Waals surface area contributed by atoms with E-state index in [1.165, 1.54) is 0 Å². The minimum atomic E-state index is -1.14. The highest BCUT2D eigenvalue weighted by molar-refractivity contribution is 6.30. The van der Waals surface area contributed by atoms with Gasteiger partial charge in [0.05, 0.1) is 13.0 Å². The lowest BCUT2D eigenvalue weighted by Gasteiger charge is -2.13. The number of carboxylic acid groups (broad SMARTS) is 1. The fourth-order valence-corrected chi connectivity index (χ4v) is 1.54. The predicted octanol–water partition coefficient (Wildman–Crippen LogP) is 0.704. The van der Waals surface area contributed by atoms with Crippen LogP contribution in [0.25, 0.3) is 0 Å². The monoisotopic (exact) mass is 286 g/mol. The van der Waals surface area contributed by atoms with Crippen molar-refractivity contribution in [2.45, 2.75) is 12.5 Å². The Labute approximate surface area is 115 Å². The van der Waals surface area contributed by atoms with Gasteiger partial charge in [-0.3, -0.25) is 9.59 Å². The Balaban J connectivity index is 2.52. The molecule has 0 bridgehead atoms. The lowest BCUT2D eigenvalue weighted by atomic mass is 10.2. The molecule has 1 rings (SSSR count). The minimum Gasteiger partial charge on any atom is -0.480 e. The van der Waals surface area contributed by atoms with E-state index < -0.39 is 17.9 Å². The van der Waals surface area contributed by atoms with Crippen LogP contribution in [0.4, 0.5) is 5.69 Å². The second-order valence-electron chi connectivity index (χ2n) is 3.83. The summed E-state index contributed by atoms with van der Waals surface area (Å²) in [5.41, 5.74) is 0.542. The second kappa shape index (κ2) is 7.73. The van der Waals surface area contributed by atoms with Crippen LogP contribution in [0.1, 0.15) is 6.42 Å². The maximum Gasteiger partial charge on any atom is 0.321 e. The zero-order chi connectivity index (χ0) is 14.3. The van der Waals surface area contributed by atoms with Crippen molar-refractivity contribution in [3.8, 4) is 0 Å². The number of aliphatic hydroxyl groups excluding tert-OH is 1. The largest absolute Gasteiger partial charge is 0.480 e. The minimum absolute atomic E-state index is 0.116. The number of hydrogen-bond acceptors (Lipinski definition) is 4. The third kappa shape index (κ3) is 5.69. The molecule has 0 spiro atoms. The van der Waals surface area contributed by atoms with E-state index in [1.54, 1.807) is 24.3 Å². The number of carboxylic acids is 1. The third-order valence-electron chi connectivity index (χ3n) is 2.32. The van der Waals surface area contributed by atoms with Crippen molar-refractivity contribution in [1.29, 1.82) is 0 Å². The van der Waals surface area contributed by atoms with Gasteiger partial charge in [0.2, 0.25) is 5.91 Å². The predicted molar refractivity (Wildman–Crippen MR) is 71.2 cm³/mol.